The van der Waals surface area contributed by atoms with Gasteiger partial charge in [0.05, 0.1) is 24.9 Å². The van der Waals surface area contributed by atoms with Crippen molar-refractivity contribution in [1.82, 2.24) is 14.8 Å². The fourth-order valence-corrected chi connectivity index (χ4v) is 3.27. The number of methoxy groups -OCH3 is 1. The number of benzene rings is 2. The molecule has 0 aliphatic rings. The fraction of sp³-hybridized carbons (Fsp3) is 0.0909. The minimum Gasteiger partial charge on any atom is -0.496 e. The van der Waals surface area contributed by atoms with Crippen LogP contribution < -0.4 is 4.74 Å². The molecule has 0 unspecified atom stereocenters. The second-order valence-corrected chi connectivity index (χ2v) is 6.68. The first-order valence-electron chi connectivity index (χ1n) is 8.72. The van der Waals surface area contributed by atoms with Crippen LogP contribution in [0.2, 0.25) is 5.02 Å². The fourth-order valence-electron chi connectivity index (χ4n) is 3.08. The van der Waals surface area contributed by atoms with Gasteiger partial charge in [-0.15, -0.1) is 0 Å². The van der Waals surface area contributed by atoms with E-state index in [1.807, 2.05) is 36.5 Å². The van der Waals surface area contributed by atoms with Gasteiger partial charge in [-0.1, -0.05) is 35.9 Å². The Labute approximate surface area is 167 Å². The number of aromatic nitrogens is 3. The molecule has 2 aromatic carbocycles. The van der Waals surface area contributed by atoms with E-state index in [-0.39, 0.29) is 12.4 Å². The van der Waals surface area contributed by atoms with Gasteiger partial charge in [0.1, 0.15) is 17.3 Å². The Kier molecular flexibility index (Phi) is 5.08. The van der Waals surface area contributed by atoms with Gasteiger partial charge in [0.2, 0.25) is 0 Å². The van der Waals surface area contributed by atoms with Gasteiger partial charge in [-0.3, -0.25) is 9.67 Å². The van der Waals surface area contributed by atoms with Crippen molar-refractivity contribution in [1.29, 1.82) is 0 Å². The first-order valence-corrected chi connectivity index (χ1v) is 9.09. The Morgan fingerprint density at radius 2 is 1.93 bits per heavy atom. The smallest absolute Gasteiger partial charge is 0.139 e. The number of nitrogens with zero attached hydrogens (tertiary/aromatic N) is 3. The van der Waals surface area contributed by atoms with Gasteiger partial charge in [-0.25, -0.2) is 4.39 Å². The molecule has 0 fully saturated rings. The van der Waals surface area contributed by atoms with Crippen LogP contribution in [-0.2, 0) is 6.54 Å². The third kappa shape index (κ3) is 3.62. The van der Waals surface area contributed by atoms with Gasteiger partial charge in [-0.05, 0) is 42.0 Å². The number of hydrogen-bond acceptors (Lipinski definition) is 3. The SMILES string of the molecule is COc1ccc(Cn2ccc(-c3ccccn3)n2)c(F)c1-c1cccc(Cl)c1. The molecular formula is C22H17ClFN3O. The van der Waals surface area contributed by atoms with Crippen LogP contribution in [0.5, 0.6) is 5.75 Å². The minimum atomic E-state index is -0.350. The molecular weight excluding hydrogens is 377 g/mol. The largest absolute Gasteiger partial charge is 0.496 e. The summed E-state index contributed by atoms with van der Waals surface area (Å²) in [6.07, 6.45) is 3.53. The number of halogens is 2. The summed E-state index contributed by atoms with van der Waals surface area (Å²) in [6, 6.07) is 18.1. The third-order valence-electron chi connectivity index (χ3n) is 4.42. The zero-order valence-corrected chi connectivity index (χ0v) is 15.9. The summed E-state index contributed by atoms with van der Waals surface area (Å²) < 4.78 is 22.4. The molecule has 4 nitrogen and oxygen atoms in total. The van der Waals surface area contributed by atoms with Crippen LogP contribution in [0, 0.1) is 5.82 Å². The van der Waals surface area contributed by atoms with Crippen LogP contribution in [0.15, 0.2) is 73.1 Å². The molecule has 0 atom stereocenters. The predicted molar refractivity (Wildman–Crippen MR) is 108 cm³/mol. The van der Waals surface area contributed by atoms with E-state index in [2.05, 4.69) is 10.1 Å². The molecule has 0 saturated carbocycles. The molecule has 0 N–H and O–H groups in total. The van der Waals surface area contributed by atoms with E-state index in [1.165, 1.54) is 7.11 Å². The van der Waals surface area contributed by atoms with Crippen molar-refractivity contribution in [3.8, 4) is 28.3 Å². The Balaban J connectivity index is 1.70. The van der Waals surface area contributed by atoms with Crippen LogP contribution in [-0.4, -0.2) is 21.9 Å². The maximum atomic E-state index is 15.4. The van der Waals surface area contributed by atoms with Gasteiger partial charge in [0.25, 0.3) is 0 Å². The molecule has 2 aromatic heterocycles. The molecule has 0 bridgehead atoms. The van der Waals surface area contributed by atoms with E-state index in [0.29, 0.717) is 27.5 Å². The third-order valence-corrected chi connectivity index (χ3v) is 4.65. The van der Waals surface area contributed by atoms with Crippen molar-refractivity contribution in [3.05, 3.63) is 89.5 Å². The Bertz CT molecular complexity index is 1110. The van der Waals surface area contributed by atoms with Crippen molar-refractivity contribution >= 4 is 11.6 Å². The van der Waals surface area contributed by atoms with Gasteiger partial charge >= 0.3 is 0 Å². The van der Waals surface area contributed by atoms with Crippen LogP contribution in [0.25, 0.3) is 22.5 Å². The Morgan fingerprint density at radius 1 is 1.04 bits per heavy atom. The summed E-state index contributed by atoms with van der Waals surface area (Å²) in [4.78, 5) is 4.29. The van der Waals surface area contributed by atoms with Crippen LogP contribution >= 0.6 is 11.6 Å². The van der Waals surface area contributed by atoms with Crippen LogP contribution in [0.4, 0.5) is 4.39 Å². The summed E-state index contributed by atoms with van der Waals surface area (Å²) in [6.45, 7) is 0.288. The summed E-state index contributed by atoms with van der Waals surface area (Å²) in [7, 11) is 1.52. The highest BCUT2D eigenvalue weighted by Crippen LogP contribution is 2.35. The lowest BCUT2D eigenvalue weighted by molar-refractivity contribution is 0.412. The summed E-state index contributed by atoms with van der Waals surface area (Å²) in [5, 5.41) is 5.05. The lowest BCUT2D eigenvalue weighted by Crippen LogP contribution is -2.05. The Morgan fingerprint density at radius 3 is 2.68 bits per heavy atom. The number of pyridine rings is 1. The first kappa shape index (κ1) is 18.2. The molecule has 0 aliphatic carbocycles. The van der Waals surface area contributed by atoms with Crippen LogP contribution in [0.1, 0.15) is 5.56 Å². The molecule has 6 heteroatoms. The molecule has 0 radical (unpaired) electrons. The maximum absolute atomic E-state index is 15.4. The van der Waals surface area contributed by atoms with E-state index in [0.717, 1.165) is 11.4 Å². The predicted octanol–water partition coefficient (Wildman–Crippen LogP) is 5.46. The second-order valence-electron chi connectivity index (χ2n) is 6.24. The molecule has 0 spiro atoms. The average Bonchev–Trinajstić information content (AvgIpc) is 3.18. The molecule has 0 amide bonds. The molecule has 4 rings (SSSR count). The summed E-state index contributed by atoms with van der Waals surface area (Å²) >= 11 is 6.09. The van der Waals surface area contributed by atoms with Crippen molar-refractivity contribution in [2.75, 3.05) is 7.11 Å². The molecule has 140 valence electrons. The van der Waals surface area contributed by atoms with E-state index < -0.39 is 0 Å². The lowest BCUT2D eigenvalue weighted by atomic mass is 10.0. The van der Waals surface area contributed by atoms with E-state index in [4.69, 9.17) is 16.3 Å². The van der Waals surface area contributed by atoms with Gasteiger partial charge in [0.15, 0.2) is 0 Å². The monoisotopic (exact) mass is 393 g/mol. The lowest BCUT2D eigenvalue weighted by Gasteiger charge is -2.14. The molecule has 2 heterocycles. The average molecular weight is 394 g/mol. The highest BCUT2D eigenvalue weighted by Gasteiger charge is 2.17. The maximum Gasteiger partial charge on any atom is 0.139 e. The van der Waals surface area contributed by atoms with Crippen molar-refractivity contribution < 1.29 is 9.13 Å². The Hall–Kier alpha value is -3.18. The summed E-state index contributed by atoms with van der Waals surface area (Å²) in [5.41, 5.74) is 3.07. The normalized spacial score (nSPS) is 10.8. The highest BCUT2D eigenvalue weighted by molar-refractivity contribution is 6.30. The van der Waals surface area contributed by atoms with Crippen molar-refractivity contribution in [2.45, 2.75) is 6.54 Å². The number of ether oxygens (including phenoxy) is 1. The van der Waals surface area contributed by atoms with Crippen molar-refractivity contribution in [2.24, 2.45) is 0 Å². The minimum absolute atomic E-state index is 0.288. The zero-order valence-electron chi connectivity index (χ0n) is 15.1. The molecule has 4 aromatic rings. The zero-order chi connectivity index (χ0) is 19.5. The van der Waals surface area contributed by atoms with E-state index in [9.17, 15) is 0 Å². The first-order chi connectivity index (χ1) is 13.7. The van der Waals surface area contributed by atoms with E-state index in [1.54, 1.807) is 41.2 Å². The van der Waals surface area contributed by atoms with Gasteiger partial charge < -0.3 is 4.74 Å². The summed E-state index contributed by atoms with van der Waals surface area (Å²) in [5.74, 6) is 0.106. The molecule has 0 saturated heterocycles. The highest BCUT2D eigenvalue weighted by atomic mass is 35.5. The van der Waals surface area contributed by atoms with Crippen molar-refractivity contribution in [3.63, 3.8) is 0 Å². The van der Waals surface area contributed by atoms with E-state index >= 15 is 4.39 Å². The number of hydrogen-bond donors (Lipinski definition) is 0. The standard InChI is InChI=1S/C22H17ClFN3O/c1-28-20-9-8-16(22(24)21(20)15-5-4-6-17(23)13-15)14-27-12-10-19(26-27)18-7-2-3-11-25-18/h2-13H,14H2,1H3. The molecule has 0 aliphatic heterocycles. The van der Waals surface area contributed by atoms with Gasteiger partial charge in [-0.2, -0.15) is 5.10 Å². The number of rotatable bonds is 5. The quantitative estimate of drug-likeness (QED) is 0.452. The second kappa shape index (κ2) is 7.82. The molecule has 28 heavy (non-hydrogen) atoms. The topological polar surface area (TPSA) is 39.9 Å². The van der Waals surface area contributed by atoms with Crippen LogP contribution in [0.3, 0.4) is 0 Å². The van der Waals surface area contributed by atoms with Gasteiger partial charge in [0, 0.05) is 23.0 Å².